The minimum absolute atomic E-state index is 0.00989. The van der Waals surface area contributed by atoms with Crippen LogP contribution in [0.4, 0.5) is 10.1 Å². The Morgan fingerprint density at radius 1 is 1.10 bits per heavy atom. The predicted molar refractivity (Wildman–Crippen MR) is 192 cm³/mol. The van der Waals surface area contributed by atoms with Crippen LogP contribution in [0, 0.1) is 23.1 Å². The fourth-order valence-corrected chi connectivity index (χ4v) is 10.1. The molecule has 4 unspecified atom stereocenters. The maximum Gasteiger partial charge on any atom is 0.271 e. The number of ether oxygens (including phenoxy) is 2. The summed E-state index contributed by atoms with van der Waals surface area (Å²) in [5.41, 5.74) is -0.620. The lowest BCUT2D eigenvalue weighted by Gasteiger charge is -2.60. The van der Waals surface area contributed by atoms with Crippen molar-refractivity contribution >= 4 is 17.5 Å². The topological polar surface area (TPSA) is 105 Å². The van der Waals surface area contributed by atoms with Crippen molar-refractivity contribution in [2.75, 3.05) is 51.8 Å². The van der Waals surface area contributed by atoms with Gasteiger partial charge < -0.3 is 24.2 Å². The number of fused-ring (bicyclic) bond motifs is 2. The molecule has 1 N–H and O–H groups in total. The van der Waals surface area contributed by atoms with E-state index in [0.717, 1.165) is 38.6 Å². The molecule has 1 aromatic rings. The van der Waals surface area contributed by atoms with Gasteiger partial charge in [0.15, 0.2) is 12.0 Å². The number of nitrogens with one attached hydrogen (secondary N) is 1. The summed E-state index contributed by atoms with van der Waals surface area (Å²) in [5, 5.41) is 13.8. The zero-order chi connectivity index (χ0) is 35.7. The molecule has 2 amide bonds. The molecule has 12 heteroatoms. The van der Waals surface area contributed by atoms with E-state index in [2.05, 4.69) is 39.7 Å². The molecular weight excluding hydrogens is 649 g/mol. The number of likely N-dealkylation sites (N-methyl/N-ethyl adjacent to an activating group) is 2. The molecule has 2 aliphatic carbocycles. The summed E-state index contributed by atoms with van der Waals surface area (Å²) in [6.07, 6.45) is 13.6. The van der Waals surface area contributed by atoms with E-state index < -0.39 is 11.4 Å². The lowest BCUT2D eigenvalue weighted by Crippen LogP contribution is -2.76. The van der Waals surface area contributed by atoms with Crippen molar-refractivity contribution in [2.24, 2.45) is 5.92 Å². The average molecular weight is 706 g/mol. The number of piperazine rings is 1. The van der Waals surface area contributed by atoms with Crippen molar-refractivity contribution in [3.05, 3.63) is 36.7 Å². The number of hydrogen-bond donors (Lipinski definition) is 1. The highest BCUT2D eigenvalue weighted by molar-refractivity contribution is 6.02. The Kier molecular flexibility index (Phi) is 11.0. The van der Waals surface area contributed by atoms with Crippen LogP contribution in [0.15, 0.2) is 30.9 Å². The van der Waals surface area contributed by atoms with Gasteiger partial charge in [0.05, 0.1) is 37.0 Å². The molecule has 51 heavy (non-hydrogen) atoms. The zero-order valence-electron chi connectivity index (χ0n) is 30.5. The maximum atomic E-state index is 14.3. The van der Waals surface area contributed by atoms with Gasteiger partial charge in [-0.2, -0.15) is 5.26 Å². The second-order valence-electron chi connectivity index (χ2n) is 15.8. The van der Waals surface area contributed by atoms with Crippen molar-refractivity contribution in [2.45, 2.75) is 126 Å². The Labute approximate surface area is 302 Å². The summed E-state index contributed by atoms with van der Waals surface area (Å²) in [7, 11) is 3.89. The van der Waals surface area contributed by atoms with Gasteiger partial charge in [0.1, 0.15) is 11.6 Å². The summed E-state index contributed by atoms with van der Waals surface area (Å²) >= 11 is 0. The fourth-order valence-electron chi connectivity index (χ4n) is 10.1. The largest absolute Gasteiger partial charge is 0.475 e. The van der Waals surface area contributed by atoms with Gasteiger partial charge >= 0.3 is 0 Å². The molecule has 0 aromatic heterocycles. The summed E-state index contributed by atoms with van der Waals surface area (Å²) in [5.74, 6) is 0.000132. The molecule has 0 radical (unpaired) electrons. The highest BCUT2D eigenvalue weighted by atomic mass is 19.1. The van der Waals surface area contributed by atoms with E-state index in [0.29, 0.717) is 62.6 Å². The standard InChI is InChI=1S/C39H56FN7O4/c1-4-35(48)46-22-21-45(25-29(46)17-19-41)36-31-16-18-39(37(49)44(3)33-23-27(40)14-15-34(33)51-39)24-32(31)42-38(50-26-30-13-10-20-43(30)2)47(36)28-11-8-6-5-7-9-12-28/h4,14-15,23,28-32,36,38,42H,1,5-13,16-18,20-22,24-26H2,2-3H3/t29-,30+,31?,32?,36?,38?,39-/m1/s1. The first-order valence-electron chi connectivity index (χ1n) is 19.4. The van der Waals surface area contributed by atoms with Crippen LogP contribution in [0.25, 0.3) is 0 Å². The van der Waals surface area contributed by atoms with Crippen LogP contribution in [-0.4, -0.2) is 121 Å². The van der Waals surface area contributed by atoms with Crippen molar-refractivity contribution in [3.63, 3.8) is 0 Å². The van der Waals surface area contributed by atoms with Gasteiger partial charge in [-0.25, -0.2) is 9.29 Å². The van der Waals surface area contributed by atoms with E-state index in [1.54, 1.807) is 18.0 Å². The number of anilines is 1. The van der Waals surface area contributed by atoms with Crippen LogP contribution in [0.3, 0.4) is 0 Å². The number of hydrogen-bond acceptors (Lipinski definition) is 9. The van der Waals surface area contributed by atoms with Crippen LogP contribution < -0.4 is 15.0 Å². The maximum absolute atomic E-state index is 14.3. The number of rotatable bonds is 7. The molecule has 6 aliphatic rings. The van der Waals surface area contributed by atoms with Gasteiger partial charge in [0.2, 0.25) is 5.91 Å². The third kappa shape index (κ3) is 7.17. The SMILES string of the molecule is C=CC(=O)N1CCN(C2C3CC[C@]4(CC3NC(OC[C@@H]3CCCN3C)N2C2CCCCCCC2)Oc2ccc(F)cc2N(C)C4=O)C[C@H]1CC#N. The van der Waals surface area contributed by atoms with Crippen LogP contribution in [0.5, 0.6) is 5.75 Å². The number of nitrogens with zero attached hydrogens (tertiary/aromatic N) is 6. The van der Waals surface area contributed by atoms with Crippen molar-refractivity contribution < 1.29 is 23.5 Å². The number of amides is 2. The number of halogens is 1. The summed E-state index contributed by atoms with van der Waals surface area (Å²) in [4.78, 5) is 38.1. The highest BCUT2D eigenvalue weighted by Gasteiger charge is 2.58. The third-order valence-electron chi connectivity index (χ3n) is 12.8. The zero-order valence-corrected chi connectivity index (χ0v) is 30.5. The van der Waals surface area contributed by atoms with Gasteiger partial charge in [-0.1, -0.05) is 38.7 Å². The van der Waals surface area contributed by atoms with E-state index in [4.69, 9.17) is 9.47 Å². The normalized spacial score (nSPS) is 34.3. The second kappa shape index (κ2) is 15.5. The smallest absolute Gasteiger partial charge is 0.271 e. The summed E-state index contributed by atoms with van der Waals surface area (Å²) in [6.45, 7) is 7.21. The number of carbonyl (C=O) groups is 2. The monoisotopic (exact) mass is 705 g/mol. The molecule has 1 aromatic carbocycles. The summed E-state index contributed by atoms with van der Waals surface area (Å²) < 4.78 is 27.9. The van der Waals surface area contributed by atoms with E-state index in [1.807, 2.05) is 4.90 Å². The number of benzene rings is 1. The quantitative estimate of drug-likeness (QED) is 0.413. The van der Waals surface area contributed by atoms with Gasteiger partial charge in [-0.15, -0.1) is 0 Å². The van der Waals surface area contributed by atoms with Crippen LogP contribution >= 0.6 is 0 Å². The molecule has 1 spiro atoms. The molecule has 7 rings (SSSR count). The van der Waals surface area contributed by atoms with Crippen molar-refractivity contribution in [3.8, 4) is 11.8 Å². The minimum Gasteiger partial charge on any atom is -0.475 e. The Balaban J connectivity index is 1.24. The number of nitriles is 1. The lowest BCUT2D eigenvalue weighted by molar-refractivity contribution is -0.221. The van der Waals surface area contributed by atoms with Crippen LogP contribution in [0.1, 0.15) is 83.5 Å². The van der Waals surface area contributed by atoms with Crippen LogP contribution in [0.2, 0.25) is 0 Å². The first-order valence-corrected chi connectivity index (χ1v) is 19.4. The molecule has 7 atom stereocenters. The van der Waals surface area contributed by atoms with Gasteiger partial charge in [0, 0.05) is 63.2 Å². The second-order valence-corrected chi connectivity index (χ2v) is 15.8. The first kappa shape index (κ1) is 36.3. The molecule has 3 saturated heterocycles. The molecule has 278 valence electrons. The average Bonchev–Trinajstić information content (AvgIpc) is 3.53. The number of likely N-dealkylation sites (tertiary alicyclic amines) is 1. The van der Waals surface area contributed by atoms with E-state index >= 15 is 0 Å². The molecule has 11 nitrogen and oxygen atoms in total. The Morgan fingerprint density at radius 2 is 1.88 bits per heavy atom. The molecule has 4 heterocycles. The molecule has 5 fully saturated rings. The van der Waals surface area contributed by atoms with Crippen LogP contribution in [-0.2, 0) is 14.3 Å². The van der Waals surface area contributed by atoms with Crippen molar-refractivity contribution in [1.29, 1.82) is 5.26 Å². The highest BCUT2D eigenvalue weighted by Crippen LogP contribution is 2.48. The van der Waals surface area contributed by atoms with E-state index in [1.165, 1.54) is 50.3 Å². The molecule has 4 aliphatic heterocycles. The minimum atomic E-state index is -1.07. The molecular formula is C39H56FN7O4. The van der Waals surface area contributed by atoms with Gasteiger partial charge in [0.25, 0.3) is 5.91 Å². The van der Waals surface area contributed by atoms with Gasteiger partial charge in [-0.05, 0) is 70.3 Å². The van der Waals surface area contributed by atoms with Crippen molar-refractivity contribution in [1.82, 2.24) is 24.9 Å². The Bertz CT molecular complexity index is 1480. The number of carbonyl (C=O) groups excluding carboxylic acids is 2. The molecule has 0 bridgehead atoms. The lowest BCUT2D eigenvalue weighted by atomic mass is 9.71. The van der Waals surface area contributed by atoms with E-state index in [9.17, 15) is 19.2 Å². The first-order chi connectivity index (χ1) is 24.7. The predicted octanol–water partition coefficient (Wildman–Crippen LogP) is 4.44. The Hall–Kier alpha value is -3.08. The summed E-state index contributed by atoms with van der Waals surface area (Å²) in [6, 6.07) is 7.07. The Morgan fingerprint density at radius 3 is 2.61 bits per heavy atom. The van der Waals surface area contributed by atoms with Gasteiger partial charge in [-0.3, -0.25) is 19.8 Å². The molecule has 2 saturated carbocycles. The third-order valence-corrected chi connectivity index (χ3v) is 12.8. The fraction of sp³-hybridized carbons (Fsp3) is 0.718. The van der Waals surface area contributed by atoms with E-state index in [-0.39, 0.29) is 48.8 Å².